The van der Waals surface area contributed by atoms with Crippen LogP contribution in [0.5, 0.6) is 0 Å². The van der Waals surface area contributed by atoms with E-state index >= 15 is 0 Å². The second kappa shape index (κ2) is 9.45. The molecule has 1 saturated carbocycles. The van der Waals surface area contributed by atoms with Crippen LogP contribution in [0.3, 0.4) is 0 Å². The summed E-state index contributed by atoms with van der Waals surface area (Å²) in [6.45, 7) is 6.28. The minimum Gasteiger partial charge on any atom is -0.342 e. The summed E-state index contributed by atoms with van der Waals surface area (Å²) >= 11 is 0. The number of amides is 1. The van der Waals surface area contributed by atoms with Gasteiger partial charge in [-0.15, -0.1) is 24.8 Å². The van der Waals surface area contributed by atoms with E-state index in [1.54, 1.807) is 0 Å². The Labute approximate surface area is 153 Å². The Morgan fingerprint density at radius 1 is 0.957 bits per heavy atom. The number of nitrogens with two attached hydrogens (primary N) is 1. The van der Waals surface area contributed by atoms with Gasteiger partial charge in [0.25, 0.3) is 0 Å². The van der Waals surface area contributed by atoms with Crippen molar-refractivity contribution in [2.75, 3.05) is 39.3 Å². The van der Waals surface area contributed by atoms with Crippen LogP contribution in [-0.2, 0) is 4.79 Å². The van der Waals surface area contributed by atoms with Gasteiger partial charge in [-0.05, 0) is 57.5 Å². The van der Waals surface area contributed by atoms with Crippen molar-refractivity contribution in [3.63, 3.8) is 0 Å². The van der Waals surface area contributed by atoms with Gasteiger partial charge in [0.05, 0.1) is 5.41 Å². The molecule has 0 aromatic heterocycles. The molecule has 136 valence electrons. The van der Waals surface area contributed by atoms with Crippen molar-refractivity contribution in [1.82, 2.24) is 9.80 Å². The van der Waals surface area contributed by atoms with Crippen molar-refractivity contribution in [2.24, 2.45) is 17.1 Å². The lowest BCUT2D eigenvalue weighted by molar-refractivity contribution is -0.143. The second-order valence-corrected chi connectivity index (χ2v) is 7.43. The summed E-state index contributed by atoms with van der Waals surface area (Å²) in [5.74, 6) is 1.16. The molecule has 6 heteroatoms. The van der Waals surface area contributed by atoms with E-state index in [1.165, 1.54) is 58.2 Å². The fourth-order valence-corrected chi connectivity index (χ4v) is 4.54. The SMILES string of the molecule is Cl.Cl.NCC1(C(=O)N2CCC(CN3CCCC3)CC2)CCCC1. The molecule has 0 atom stereocenters. The van der Waals surface area contributed by atoms with Crippen LogP contribution >= 0.6 is 24.8 Å². The molecule has 2 saturated heterocycles. The molecule has 1 aliphatic carbocycles. The number of carbonyl (C=O) groups excluding carboxylic acids is 1. The highest BCUT2D eigenvalue weighted by Gasteiger charge is 2.43. The van der Waals surface area contributed by atoms with E-state index in [0.717, 1.165) is 31.8 Å². The summed E-state index contributed by atoms with van der Waals surface area (Å²) in [5, 5.41) is 0. The summed E-state index contributed by atoms with van der Waals surface area (Å²) in [6, 6.07) is 0. The van der Waals surface area contributed by atoms with Crippen LogP contribution in [0.1, 0.15) is 51.4 Å². The first-order valence-corrected chi connectivity index (χ1v) is 8.95. The molecule has 4 nitrogen and oxygen atoms in total. The number of piperidine rings is 1. The molecule has 2 N–H and O–H groups in total. The number of nitrogens with zero attached hydrogens (tertiary/aromatic N) is 2. The summed E-state index contributed by atoms with van der Waals surface area (Å²) < 4.78 is 0. The standard InChI is InChI=1S/C17H31N3O.2ClH/c18-14-17(7-1-2-8-17)16(21)20-11-5-15(6-12-20)13-19-9-3-4-10-19;;/h15H,1-14,18H2;2*1H. The van der Waals surface area contributed by atoms with Crippen LogP contribution in [0.2, 0.25) is 0 Å². The smallest absolute Gasteiger partial charge is 0.230 e. The van der Waals surface area contributed by atoms with Crippen LogP contribution in [-0.4, -0.2) is 55.0 Å². The monoisotopic (exact) mass is 365 g/mol. The van der Waals surface area contributed by atoms with E-state index in [-0.39, 0.29) is 30.2 Å². The Bertz CT molecular complexity index is 361. The summed E-state index contributed by atoms with van der Waals surface area (Å²) in [6.07, 6.45) is 9.48. The topological polar surface area (TPSA) is 49.6 Å². The Kier molecular flexibility index (Phi) is 8.64. The minimum atomic E-state index is -0.207. The summed E-state index contributed by atoms with van der Waals surface area (Å²) in [7, 11) is 0. The van der Waals surface area contributed by atoms with Gasteiger partial charge in [0, 0.05) is 26.2 Å². The van der Waals surface area contributed by atoms with Gasteiger partial charge in [-0.3, -0.25) is 4.79 Å². The van der Waals surface area contributed by atoms with Gasteiger partial charge >= 0.3 is 0 Å². The molecule has 3 rings (SSSR count). The number of hydrogen-bond donors (Lipinski definition) is 1. The average molecular weight is 366 g/mol. The molecular formula is C17H33Cl2N3O. The molecule has 3 aliphatic rings. The van der Waals surface area contributed by atoms with Crippen LogP contribution in [0.15, 0.2) is 0 Å². The molecule has 0 bridgehead atoms. The molecule has 0 spiro atoms. The fraction of sp³-hybridized carbons (Fsp3) is 0.941. The molecule has 2 heterocycles. The zero-order valence-electron chi connectivity index (χ0n) is 14.2. The number of likely N-dealkylation sites (tertiary alicyclic amines) is 2. The first-order chi connectivity index (χ1) is 10.2. The van der Waals surface area contributed by atoms with Gasteiger partial charge in [-0.25, -0.2) is 0 Å². The van der Waals surface area contributed by atoms with Gasteiger partial charge < -0.3 is 15.5 Å². The lowest BCUT2D eigenvalue weighted by Gasteiger charge is -2.38. The maximum absolute atomic E-state index is 12.8. The summed E-state index contributed by atoms with van der Waals surface area (Å²) in [5.41, 5.74) is 5.75. The highest BCUT2D eigenvalue weighted by Crippen LogP contribution is 2.39. The van der Waals surface area contributed by atoms with Gasteiger partial charge in [0.15, 0.2) is 0 Å². The van der Waals surface area contributed by atoms with E-state index < -0.39 is 0 Å². The van der Waals surface area contributed by atoms with Gasteiger partial charge in [-0.1, -0.05) is 12.8 Å². The Balaban J connectivity index is 0.00000132. The zero-order chi connectivity index (χ0) is 14.7. The maximum atomic E-state index is 12.8. The van der Waals surface area contributed by atoms with Crippen molar-refractivity contribution < 1.29 is 4.79 Å². The lowest BCUT2D eigenvalue weighted by atomic mass is 9.83. The van der Waals surface area contributed by atoms with Crippen LogP contribution < -0.4 is 5.73 Å². The predicted molar refractivity (Wildman–Crippen MR) is 99.4 cm³/mol. The van der Waals surface area contributed by atoms with Crippen LogP contribution in [0.4, 0.5) is 0 Å². The van der Waals surface area contributed by atoms with Crippen LogP contribution in [0, 0.1) is 11.3 Å². The first-order valence-electron chi connectivity index (χ1n) is 8.95. The molecule has 2 aliphatic heterocycles. The van der Waals surface area contributed by atoms with Crippen molar-refractivity contribution in [2.45, 2.75) is 51.4 Å². The number of carbonyl (C=O) groups is 1. The molecule has 0 unspecified atom stereocenters. The van der Waals surface area contributed by atoms with Crippen LogP contribution in [0.25, 0.3) is 0 Å². The van der Waals surface area contributed by atoms with E-state index in [0.29, 0.717) is 12.5 Å². The van der Waals surface area contributed by atoms with Crippen molar-refractivity contribution in [1.29, 1.82) is 0 Å². The maximum Gasteiger partial charge on any atom is 0.230 e. The fourth-order valence-electron chi connectivity index (χ4n) is 4.54. The predicted octanol–water partition coefficient (Wildman–Crippen LogP) is 2.68. The highest BCUT2D eigenvalue weighted by molar-refractivity contribution is 5.85. The zero-order valence-corrected chi connectivity index (χ0v) is 15.8. The number of rotatable bonds is 4. The van der Waals surface area contributed by atoms with Crippen molar-refractivity contribution in [3.8, 4) is 0 Å². The third-order valence-corrected chi connectivity index (χ3v) is 6.02. The summed E-state index contributed by atoms with van der Waals surface area (Å²) in [4.78, 5) is 17.6. The molecule has 3 fully saturated rings. The molecule has 1 amide bonds. The van der Waals surface area contributed by atoms with Crippen molar-refractivity contribution in [3.05, 3.63) is 0 Å². The highest BCUT2D eigenvalue weighted by atomic mass is 35.5. The number of halogens is 2. The third kappa shape index (κ3) is 4.75. The minimum absolute atomic E-state index is 0. The van der Waals surface area contributed by atoms with E-state index in [9.17, 15) is 4.79 Å². The Morgan fingerprint density at radius 3 is 2.04 bits per heavy atom. The average Bonchev–Trinajstić information content (AvgIpc) is 3.19. The molecule has 23 heavy (non-hydrogen) atoms. The Hall–Kier alpha value is -0.0300. The van der Waals surface area contributed by atoms with Gasteiger partial charge in [0.1, 0.15) is 0 Å². The van der Waals surface area contributed by atoms with E-state index in [4.69, 9.17) is 5.73 Å². The van der Waals surface area contributed by atoms with Gasteiger partial charge in [-0.2, -0.15) is 0 Å². The third-order valence-electron chi connectivity index (χ3n) is 6.02. The molecular weight excluding hydrogens is 333 g/mol. The molecule has 0 aromatic rings. The largest absolute Gasteiger partial charge is 0.342 e. The molecule has 0 radical (unpaired) electrons. The Morgan fingerprint density at radius 2 is 1.52 bits per heavy atom. The van der Waals surface area contributed by atoms with E-state index in [2.05, 4.69) is 9.80 Å². The lowest BCUT2D eigenvalue weighted by Crippen LogP contribution is -2.50. The van der Waals surface area contributed by atoms with Gasteiger partial charge in [0.2, 0.25) is 5.91 Å². The first kappa shape index (κ1) is 21.0. The van der Waals surface area contributed by atoms with Crippen molar-refractivity contribution >= 4 is 30.7 Å². The van der Waals surface area contributed by atoms with E-state index in [1.807, 2.05) is 0 Å². The second-order valence-electron chi connectivity index (χ2n) is 7.43. The quantitative estimate of drug-likeness (QED) is 0.832. The number of hydrogen-bond acceptors (Lipinski definition) is 3. The normalized spacial score (nSPS) is 25.0. The molecule has 0 aromatic carbocycles.